The van der Waals surface area contributed by atoms with Crippen molar-refractivity contribution >= 4 is 12.0 Å². The molecule has 0 radical (unpaired) electrons. The lowest BCUT2D eigenvalue weighted by atomic mass is 9.61. The van der Waals surface area contributed by atoms with Crippen LogP contribution in [0.4, 0.5) is 4.79 Å². The van der Waals surface area contributed by atoms with Gasteiger partial charge in [0.1, 0.15) is 0 Å². The normalized spacial score (nSPS) is 25.4. The molecule has 1 aliphatic rings. The van der Waals surface area contributed by atoms with E-state index in [4.69, 9.17) is 5.11 Å². The molecule has 0 aliphatic heterocycles. The fourth-order valence-corrected chi connectivity index (χ4v) is 4.63. The topological polar surface area (TPSA) is 78.4 Å². The molecule has 2 atom stereocenters. The maximum absolute atomic E-state index is 12.3. The van der Waals surface area contributed by atoms with Crippen molar-refractivity contribution in [3.63, 3.8) is 0 Å². The highest BCUT2D eigenvalue weighted by Gasteiger charge is 2.42. The van der Waals surface area contributed by atoms with Crippen LogP contribution in [0.5, 0.6) is 0 Å². The van der Waals surface area contributed by atoms with Crippen LogP contribution in [0, 0.1) is 10.8 Å². The lowest BCUT2D eigenvalue weighted by Gasteiger charge is -2.46. The van der Waals surface area contributed by atoms with Gasteiger partial charge in [0.25, 0.3) is 0 Å². The molecule has 1 rings (SSSR count). The zero-order valence-corrected chi connectivity index (χ0v) is 16.6. The largest absolute Gasteiger partial charge is 0.465 e. The zero-order valence-electron chi connectivity index (χ0n) is 16.6. The maximum Gasteiger partial charge on any atom is 0.404 e. The summed E-state index contributed by atoms with van der Waals surface area (Å²) in [6, 6.07) is -0.0717. The summed E-state index contributed by atoms with van der Waals surface area (Å²) < 4.78 is 0. The van der Waals surface area contributed by atoms with Gasteiger partial charge >= 0.3 is 6.09 Å². The fraction of sp³-hybridized carbons (Fsp3) is 0.900. The van der Waals surface area contributed by atoms with Crippen LogP contribution in [0.25, 0.3) is 0 Å². The summed E-state index contributed by atoms with van der Waals surface area (Å²) >= 11 is 0. The Morgan fingerprint density at radius 1 is 1.04 bits per heavy atom. The van der Waals surface area contributed by atoms with Crippen molar-refractivity contribution in [1.82, 2.24) is 10.6 Å². The van der Waals surface area contributed by atoms with Crippen molar-refractivity contribution in [3.8, 4) is 0 Å². The Kier molecular flexibility index (Phi) is 8.74. The molecule has 0 heterocycles. The second-order valence-corrected chi connectivity index (χ2v) is 9.00. The smallest absolute Gasteiger partial charge is 0.404 e. The molecule has 0 aromatic carbocycles. The standard InChI is InChI=1S/C20H38N2O3/c1-5-6-7-8-9-10-11-21-17(23)14-20(4)13-16(22-18(24)25)12-19(2,3)15-20/h16,22H,5-15H2,1-4H3,(H,21,23)(H,24,25). The molecule has 25 heavy (non-hydrogen) atoms. The van der Waals surface area contributed by atoms with Crippen LogP contribution in [-0.4, -0.2) is 29.7 Å². The third-order valence-electron chi connectivity index (χ3n) is 5.21. The molecule has 0 spiro atoms. The van der Waals surface area contributed by atoms with Gasteiger partial charge in [-0.1, -0.05) is 59.8 Å². The number of unbranched alkanes of at least 4 members (excludes halogenated alkanes) is 5. The minimum absolute atomic E-state index is 0.0413. The van der Waals surface area contributed by atoms with E-state index in [1.54, 1.807) is 0 Å². The third-order valence-corrected chi connectivity index (χ3v) is 5.21. The number of nitrogens with one attached hydrogen (secondary N) is 2. The molecule has 0 aromatic rings. The van der Waals surface area contributed by atoms with Gasteiger partial charge in [0, 0.05) is 19.0 Å². The molecule has 5 nitrogen and oxygen atoms in total. The van der Waals surface area contributed by atoms with Crippen LogP contribution < -0.4 is 10.6 Å². The van der Waals surface area contributed by atoms with E-state index < -0.39 is 6.09 Å². The molecule has 0 saturated heterocycles. The number of rotatable bonds is 10. The Balaban J connectivity index is 2.39. The number of carboxylic acid groups (broad SMARTS) is 1. The molecule has 1 saturated carbocycles. The van der Waals surface area contributed by atoms with Gasteiger partial charge in [-0.25, -0.2) is 4.79 Å². The quantitative estimate of drug-likeness (QED) is 0.497. The molecule has 3 N–H and O–H groups in total. The number of hydrogen-bond acceptors (Lipinski definition) is 2. The molecular formula is C20H38N2O3. The van der Waals surface area contributed by atoms with Crippen LogP contribution in [0.2, 0.25) is 0 Å². The first-order valence-electron chi connectivity index (χ1n) is 9.92. The van der Waals surface area contributed by atoms with E-state index in [0.29, 0.717) is 6.42 Å². The van der Waals surface area contributed by atoms with E-state index in [9.17, 15) is 9.59 Å². The second kappa shape index (κ2) is 10.0. The van der Waals surface area contributed by atoms with Gasteiger partial charge in [-0.3, -0.25) is 4.79 Å². The summed E-state index contributed by atoms with van der Waals surface area (Å²) in [6.45, 7) is 9.41. The van der Waals surface area contributed by atoms with E-state index in [2.05, 4.69) is 38.3 Å². The van der Waals surface area contributed by atoms with Crippen LogP contribution in [0.15, 0.2) is 0 Å². The van der Waals surface area contributed by atoms with Gasteiger partial charge in [0.2, 0.25) is 5.91 Å². The Bertz CT molecular complexity index is 437. The van der Waals surface area contributed by atoms with Gasteiger partial charge in [-0.15, -0.1) is 0 Å². The number of carbonyl (C=O) groups excluding carboxylic acids is 1. The van der Waals surface area contributed by atoms with E-state index >= 15 is 0 Å². The van der Waals surface area contributed by atoms with Crippen LogP contribution >= 0.6 is 0 Å². The monoisotopic (exact) mass is 354 g/mol. The van der Waals surface area contributed by atoms with Crippen LogP contribution in [-0.2, 0) is 4.79 Å². The van der Waals surface area contributed by atoms with Gasteiger partial charge in [-0.2, -0.15) is 0 Å². The van der Waals surface area contributed by atoms with Crippen molar-refractivity contribution in [2.45, 2.75) is 97.9 Å². The first-order chi connectivity index (χ1) is 11.7. The lowest BCUT2D eigenvalue weighted by Crippen LogP contribution is -2.47. The maximum atomic E-state index is 12.3. The number of amides is 2. The summed E-state index contributed by atoms with van der Waals surface area (Å²) in [4.78, 5) is 23.3. The predicted molar refractivity (Wildman–Crippen MR) is 102 cm³/mol. The van der Waals surface area contributed by atoms with Gasteiger partial charge in [0.05, 0.1) is 0 Å². The van der Waals surface area contributed by atoms with Crippen molar-refractivity contribution in [3.05, 3.63) is 0 Å². The first kappa shape index (κ1) is 21.8. The zero-order chi connectivity index (χ0) is 18.9. The van der Waals surface area contributed by atoms with E-state index in [1.807, 2.05) is 0 Å². The van der Waals surface area contributed by atoms with E-state index in [-0.39, 0.29) is 22.8 Å². The van der Waals surface area contributed by atoms with Crippen molar-refractivity contribution in [1.29, 1.82) is 0 Å². The van der Waals surface area contributed by atoms with Gasteiger partial charge in [0.15, 0.2) is 0 Å². The highest BCUT2D eigenvalue weighted by Crippen LogP contribution is 2.47. The first-order valence-corrected chi connectivity index (χ1v) is 9.92. The van der Waals surface area contributed by atoms with Crippen LogP contribution in [0.1, 0.15) is 91.9 Å². The third kappa shape index (κ3) is 9.13. The highest BCUT2D eigenvalue weighted by atomic mass is 16.4. The number of hydrogen-bond donors (Lipinski definition) is 3. The molecule has 1 fully saturated rings. The Morgan fingerprint density at radius 2 is 1.68 bits per heavy atom. The minimum Gasteiger partial charge on any atom is -0.465 e. The molecule has 146 valence electrons. The summed E-state index contributed by atoms with van der Waals surface area (Å²) in [5.41, 5.74) is -0.111. The lowest BCUT2D eigenvalue weighted by molar-refractivity contribution is -0.124. The fourth-order valence-electron chi connectivity index (χ4n) is 4.63. The summed E-state index contributed by atoms with van der Waals surface area (Å²) in [6.07, 6.45) is 9.31. The van der Waals surface area contributed by atoms with Crippen molar-refractivity contribution < 1.29 is 14.7 Å². The highest BCUT2D eigenvalue weighted by molar-refractivity contribution is 5.76. The molecule has 2 unspecified atom stereocenters. The average molecular weight is 355 g/mol. The summed E-state index contributed by atoms with van der Waals surface area (Å²) in [7, 11) is 0. The minimum atomic E-state index is -0.974. The molecule has 5 heteroatoms. The Morgan fingerprint density at radius 3 is 2.32 bits per heavy atom. The van der Waals surface area contributed by atoms with Crippen molar-refractivity contribution in [2.24, 2.45) is 10.8 Å². The molecule has 0 aromatic heterocycles. The van der Waals surface area contributed by atoms with Gasteiger partial charge in [-0.05, 0) is 36.5 Å². The summed E-state index contributed by atoms with van der Waals surface area (Å²) in [5, 5.41) is 14.7. The van der Waals surface area contributed by atoms with Gasteiger partial charge < -0.3 is 15.7 Å². The van der Waals surface area contributed by atoms with E-state index in [0.717, 1.165) is 32.2 Å². The SMILES string of the molecule is CCCCCCCCNC(=O)CC1(C)CC(NC(=O)O)CC(C)(C)C1. The molecular weight excluding hydrogens is 316 g/mol. The molecule has 2 amide bonds. The van der Waals surface area contributed by atoms with Crippen LogP contribution in [0.3, 0.4) is 0 Å². The second-order valence-electron chi connectivity index (χ2n) is 9.00. The number of carbonyl (C=O) groups is 2. The van der Waals surface area contributed by atoms with E-state index in [1.165, 1.54) is 32.1 Å². The molecule has 1 aliphatic carbocycles. The Hall–Kier alpha value is -1.26. The van der Waals surface area contributed by atoms with Crippen molar-refractivity contribution in [2.75, 3.05) is 6.54 Å². The summed E-state index contributed by atoms with van der Waals surface area (Å²) in [5.74, 6) is 0.0998. The predicted octanol–water partition coefficient (Wildman–Crippen LogP) is 4.71. The molecule has 0 bridgehead atoms. The average Bonchev–Trinajstić information content (AvgIpc) is 2.42. The Labute approximate surface area is 153 Å².